The Morgan fingerprint density at radius 3 is 1.49 bits per heavy atom. The summed E-state index contributed by atoms with van der Waals surface area (Å²) in [5, 5.41) is 73.3. The maximum absolute atomic E-state index is 14.9. The number of carbonyl (C=O) groups is 18. The van der Waals surface area contributed by atoms with Crippen LogP contribution in [0.4, 0.5) is 0 Å². The van der Waals surface area contributed by atoms with Crippen molar-refractivity contribution in [2.24, 2.45) is 28.9 Å². The minimum Gasteiger partial charge on any atom is -0.481 e. The van der Waals surface area contributed by atoms with Crippen LogP contribution in [0.3, 0.4) is 0 Å². The van der Waals surface area contributed by atoms with E-state index < -0.39 is 271 Å². The first-order valence-corrected chi connectivity index (χ1v) is 41.4. The van der Waals surface area contributed by atoms with Crippen LogP contribution >= 0.6 is 43.2 Å². The minimum atomic E-state index is -1.96. The summed E-state index contributed by atoms with van der Waals surface area (Å²) in [5.41, 5.74) is 23.1. The molecule has 0 aromatic carbocycles. The lowest BCUT2D eigenvalue weighted by atomic mass is 10.0. The van der Waals surface area contributed by atoms with Gasteiger partial charge in [-0.25, -0.2) is 9.97 Å². The van der Waals surface area contributed by atoms with Crippen LogP contribution < -0.4 is 97.4 Å². The number of nitrogens with zero attached hydrogens (tertiary/aromatic N) is 4. The molecule has 2 aromatic heterocycles. The highest BCUT2D eigenvalue weighted by Crippen LogP contribution is 2.27. The van der Waals surface area contributed by atoms with E-state index in [1.165, 1.54) is 45.8 Å². The number of aromatic amines is 2. The second-order valence-electron chi connectivity index (χ2n) is 27.3. The van der Waals surface area contributed by atoms with Gasteiger partial charge in [-0.15, -0.1) is 0 Å². The van der Waals surface area contributed by atoms with Crippen molar-refractivity contribution in [2.45, 2.75) is 182 Å². The Balaban J connectivity index is 1.46. The van der Waals surface area contributed by atoms with E-state index in [9.17, 15) is 102 Å². The first kappa shape index (κ1) is 93.3. The Morgan fingerprint density at radius 2 is 1.00 bits per heavy atom. The second kappa shape index (κ2) is 46.1. The molecule has 115 heavy (non-hydrogen) atoms. The average Bonchev–Trinajstić information content (AvgIpc) is 1.48. The summed E-state index contributed by atoms with van der Waals surface area (Å²) >= 11 is 0. The highest BCUT2D eigenvalue weighted by Gasteiger charge is 2.44. The Hall–Kier alpha value is -10.6. The molecule has 4 aliphatic heterocycles. The standard InChI is InChI=1S/C65H99N25O21S4/c1-29(2)49-62(109)80-35(17-46(67)93)54(101)81-36(15-31-19-71-27-74-31)63(110)90-14-6-9-45(90)61(108)79-34(10-11-48(95)96)53(100)78-33(7-4-12-73-65(69)70)52(99)85-40(50(68)97)23-112-114-26-43-59(106)83-38(21-91)55(102)82-37(16-32-20-72-28-75-32)64(111)89-13-5-8-44(89)60(107)76-30(3)51(98)86-42(58(105)84-39(22-92)56(103)88-49)25-115-113-24-41(57(104)87-43)77-47(94)18-66/h19-20,27-30,33-45,49,91-92H,4-18,21-26,66H2,1-3H3,(H2,67,93)(H2,68,97)(H,71,74)(H,72,75)(H,76,107)(H,77,94)(H,78,100)(H,79,108)(H,80,109)(H,81,101)(H,82,102)(H,83,106)(H,84,105)(H,85,99)(H,86,98)(H,87,104)(H,88,103)(H,95,96)(H4,69,70,73)/t30-,33-,34-,35-,36-,37-,38-,39-,40-,41-,42-,43-,44-,45-,49-/m0/s1. The summed E-state index contributed by atoms with van der Waals surface area (Å²) in [7, 11) is 3.08. The van der Waals surface area contributed by atoms with E-state index >= 15 is 0 Å². The van der Waals surface area contributed by atoms with Crippen LogP contribution in [0.15, 0.2) is 25.0 Å². The predicted molar refractivity (Wildman–Crippen MR) is 412 cm³/mol. The van der Waals surface area contributed by atoms with E-state index in [-0.39, 0.29) is 82.4 Å². The van der Waals surface area contributed by atoms with E-state index in [1.54, 1.807) is 0 Å². The molecule has 6 rings (SSSR count). The van der Waals surface area contributed by atoms with Crippen molar-refractivity contribution in [3.63, 3.8) is 0 Å². The normalized spacial score (nSPS) is 27.4. The number of hydrogen-bond acceptors (Lipinski definition) is 28. The maximum Gasteiger partial charge on any atom is 0.303 e. The topological polar surface area (TPSA) is 728 Å². The lowest BCUT2D eigenvalue weighted by molar-refractivity contribution is -0.143. The van der Waals surface area contributed by atoms with E-state index in [0.717, 1.165) is 53.0 Å². The van der Waals surface area contributed by atoms with Gasteiger partial charge in [-0.1, -0.05) is 57.0 Å². The number of guanidine groups is 1. The number of primary amides is 2. The number of nitrogens with one attached hydrogen (secondary N) is 17. The monoisotopic (exact) mass is 1690 g/mol. The first-order valence-electron chi connectivity index (χ1n) is 36.4. The zero-order chi connectivity index (χ0) is 84.8. The Labute approximate surface area is 673 Å². The van der Waals surface area contributed by atoms with E-state index in [1.807, 2.05) is 0 Å². The number of aliphatic hydroxyl groups excluding tert-OH is 2. The van der Waals surface area contributed by atoms with Gasteiger partial charge in [0.15, 0.2) is 5.96 Å². The molecule has 17 amide bonds. The van der Waals surface area contributed by atoms with Crippen LogP contribution in [-0.4, -0.2) is 310 Å². The Morgan fingerprint density at radius 1 is 0.548 bits per heavy atom. The van der Waals surface area contributed by atoms with Crippen LogP contribution in [0.2, 0.25) is 0 Å². The summed E-state index contributed by atoms with van der Waals surface area (Å²) < 4.78 is 0. The molecular weight excluding hydrogens is 1600 g/mol. The number of rotatable bonds is 19. The number of imidazole rings is 2. The highest BCUT2D eigenvalue weighted by atomic mass is 33.1. The van der Waals surface area contributed by atoms with Crippen molar-refractivity contribution in [3.05, 3.63) is 36.4 Å². The van der Waals surface area contributed by atoms with E-state index in [2.05, 4.69) is 94.4 Å². The highest BCUT2D eigenvalue weighted by molar-refractivity contribution is 8.77. The zero-order valence-electron chi connectivity index (χ0n) is 62.8. The molecule has 0 unspecified atom stereocenters. The molecule has 634 valence electrons. The van der Waals surface area contributed by atoms with Crippen molar-refractivity contribution >= 4 is 156 Å². The number of carbonyl (C=O) groups excluding carboxylic acids is 17. The fraction of sp³-hybridized carbons (Fsp3) is 0.615. The van der Waals surface area contributed by atoms with Gasteiger partial charge in [-0.2, -0.15) is 0 Å². The quantitative estimate of drug-likeness (QED) is 0.0269. The number of nitrogens with two attached hydrogens (primary N) is 4. The summed E-state index contributed by atoms with van der Waals surface area (Å²) in [6.07, 6.45) is 2.12. The first-order chi connectivity index (χ1) is 54.6. The van der Waals surface area contributed by atoms with Gasteiger partial charge < -0.3 is 132 Å². The van der Waals surface area contributed by atoms with Crippen LogP contribution in [0.25, 0.3) is 0 Å². The van der Waals surface area contributed by atoms with Gasteiger partial charge in [-0.3, -0.25) is 91.7 Å². The third-order valence-electron chi connectivity index (χ3n) is 18.3. The second-order valence-corrected chi connectivity index (χ2v) is 32.4. The molecule has 2 bridgehead atoms. The molecular formula is C65H99N25O21S4. The molecule has 50 heteroatoms. The van der Waals surface area contributed by atoms with Crippen LogP contribution in [0, 0.1) is 11.3 Å². The third-order valence-corrected chi connectivity index (χ3v) is 23.1. The number of aliphatic carboxylic acids is 1. The molecule has 15 atom stereocenters. The molecule has 0 radical (unpaired) electrons. The Kier molecular flexibility index (Phi) is 37.4. The molecule has 4 aliphatic rings. The number of aliphatic hydroxyl groups is 2. The molecule has 46 nitrogen and oxygen atoms in total. The number of aromatic nitrogens is 4. The molecule has 4 fully saturated rings. The molecule has 4 saturated heterocycles. The van der Waals surface area contributed by atoms with Crippen LogP contribution in [0.5, 0.6) is 0 Å². The van der Waals surface area contributed by atoms with Crippen LogP contribution in [0.1, 0.15) is 89.9 Å². The maximum atomic E-state index is 14.9. The van der Waals surface area contributed by atoms with E-state index in [0.29, 0.717) is 0 Å². The number of H-pyrrole nitrogens is 2. The minimum absolute atomic E-state index is 0.0333. The fourth-order valence-corrected chi connectivity index (χ4v) is 16.8. The van der Waals surface area contributed by atoms with Crippen LogP contribution in [-0.2, 0) is 99.1 Å². The summed E-state index contributed by atoms with van der Waals surface area (Å²) in [6, 6.07) is -25.2. The number of fused-ring (bicyclic) bond motifs is 10. The number of carboxylic acid groups (broad SMARTS) is 1. The number of carboxylic acids is 1. The molecule has 28 N–H and O–H groups in total. The number of hydrogen-bond donors (Lipinski definition) is 24. The molecule has 2 aromatic rings. The largest absolute Gasteiger partial charge is 0.481 e. The van der Waals surface area contributed by atoms with Gasteiger partial charge in [0, 0.05) is 85.7 Å². The van der Waals surface area contributed by atoms with Crippen molar-refractivity contribution in [2.75, 3.05) is 62.4 Å². The van der Waals surface area contributed by atoms with Gasteiger partial charge in [0.25, 0.3) is 0 Å². The van der Waals surface area contributed by atoms with Crippen molar-refractivity contribution in [3.8, 4) is 0 Å². The van der Waals surface area contributed by atoms with Crippen molar-refractivity contribution < 1.29 is 102 Å². The lowest BCUT2D eigenvalue weighted by Crippen LogP contribution is -2.62. The smallest absolute Gasteiger partial charge is 0.303 e. The lowest BCUT2D eigenvalue weighted by Gasteiger charge is -2.31. The summed E-state index contributed by atoms with van der Waals surface area (Å²) in [4.78, 5) is 270. The zero-order valence-corrected chi connectivity index (χ0v) is 66.1. The van der Waals surface area contributed by atoms with E-state index in [4.69, 9.17) is 28.3 Å². The predicted octanol–water partition coefficient (Wildman–Crippen LogP) is -10.9. The number of amides is 17. The average molecular weight is 1690 g/mol. The fourth-order valence-electron chi connectivity index (χ4n) is 12.1. The van der Waals surface area contributed by atoms with Gasteiger partial charge in [0.2, 0.25) is 100 Å². The Bertz CT molecular complexity index is 3830. The van der Waals surface area contributed by atoms with Gasteiger partial charge in [-0.05, 0) is 57.8 Å². The SMILES string of the molecule is CC(C)[C@@H]1NC(=O)[C@H](CO)NC(=O)[C@@H]2CSSC[C@H](NC(=O)CN)C(=O)N[C@@H](CSSC[C@@H](C(N)=O)NC(=O)[C@H](CCCNC(=N)N)NC(=O)[C@H](CCC(=O)O)NC(=O)[C@@H]3CCCN3C(=O)[C@H](Cc3cnc[nH]3)NC(=O)[C@H](CC(N)=O)NC1=O)C(=O)N[C@@H](CO)C(=O)N[C@@H](Cc1cnc[nH]1)C(=O)N1CCC[C@H]1C(=O)N[C@@H](C)C(=O)N2. The molecule has 0 spiro atoms. The van der Waals surface area contributed by atoms with Gasteiger partial charge >= 0.3 is 5.97 Å². The molecule has 6 heterocycles. The van der Waals surface area contributed by atoms with Crippen molar-refractivity contribution in [1.29, 1.82) is 5.41 Å². The van der Waals surface area contributed by atoms with Gasteiger partial charge in [0.05, 0.1) is 38.8 Å². The summed E-state index contributed by atoms with van der Waals surface area (Å²) in [5.74, 6) is -23.2. The summed E-state index contributed by atoms with van der Waals surface area (Å²) in [6.45, 7) is 0.798. The third kappa shape index (κ3) is 29.0. The molecule has 0 saturated carbocycles. The van der Waals surface area contributed by atoms with Crippen molar-refractivity contribution in [1.82, 2.24) is 104 Å². The van der Waals surface area contributed by atoms with Gasteiger partial charge in [0.1, 0.15) is 90.6 Å². The molecule has 0 aliphatic carbocycles.